The molecule has 0 fully saturated rings. The molecule has 2 aromatic carbocycles. The number of carbonyl (C=O) groups excluding carboxylic acids is 1. The largest absolute Gasteiger partial charge is 0.361 e. The summed E-state index contributed by atoms with van der Waals surface area (Å²) in [4.78, 5) is 12.2. The van der Waals surface area contributed by atoms with Crippen LogP contribution in [-0.4, -0.2) is 24.2 Å². The van der Waals surface area contributed by atoms with Crippen molar-refractivity contribution in [2.45, 2.75) is 6.92 Å². The van der Waals surface area contributed by atoms with Crippen LogP contribution in [-0.2, 0) is 0 Å². The molecular formula is C17H19Cl2N5OS. The molecule has 0 unspecified atom stereocenters. The molecule has 138 valence electrons. The molecule has 2 rings (SSSR count). The number of nitrogens with two attached hydrogens (primary N) is 1. The number of carbonyl (C=O) groups is 1. The lowest BCUT2D eigenvalue weighted by Gasteiger charge is -2.13. The highest BCUT2D eigenvalue weighted by Crippen LogP contribution is 2.26. The minimum atomic E-state index is -0.401. The van der Waals surface area contributed by atoms with E-state index in [4.69, 9.17) is 41.2 Å². The Morgan fingerprint density at radius 3 is 2.35 bits per heavy atom. The van der Waals surface area contributed by atoms with Crippen molar-refractivity contribution in [2.75, 3.05) is 29.0 Å². The van der Waals surface area contributed by atoms with Gasteiger partial charge in [0.1, 0.15) is 0 Å². The van der Waals surface area contributed by atoms with Crippen molar-refractivity contribution < 1.29 is 4.79 Å². The lowest BCUT2D eigenvalue weighted by Crippen LogP contribution is -2.32. The van der Waals surface area contributed by atoms with Gasteiger partial charge in [0, 0.05) is 29.5 Å². The Hall–Kier alpha value is -2.06. The maximum Gasteiger partial charge on any atom is 0.323 e. The number of aryl methyl sites for hydroxylation is 1. The maximum atomic E-state index is 12.2. The molecule has 2 amide bonds. The van der Waals surface area contributed by atoms with Crippen LogP contribution in [0.4, 0.5) is 21.9 Å². The van der Waals surface area contributed by atoms with E-state index >= 15 is 0 Å². The second-order valence-electron chi connectivity index (χ2n) is 5.41. The highest BCUT2D eigenvalue weighted by molar-refractivity contribution is 7.80. The Morgan fingerprint density at radius 1 is 1.04 bits per heavy atom. The van der Waals surface area contributed by atoms with Gasteiger partial charge in [-0.2, -0.15) is 0 Å². The van der Waals surface area contributed by atoms with E-state index in [0.29, 0.717) is 45.3 Å². The molecule has 9 heteroatoms. The van der Waals surface area contributed by atoms with Gasteiger partial charge in [-0.05, 0) is 55.0 Å². The quantitative estimate of drug-likeness (QED) is 0.475. The molecule has 0 saturated heterocycles. The molecule has 0 saturated carbocycles. The second kappa shape index (κ2) is 9.59. The van der Waals surface area contributed by atoms with Crippen LogP contribution in [0.5, 0.6) is 0 Å². The van der Waals surface area contributed by atoms with Crippen molar-refractivity contribution in [3.05, 3.63) is 52.0 Å². The van der Waals surface area contributed by atoms with Crippen LogP contribution >= 0.6 is 35.4 Å². The van der Waals surface area contributed by atoms with Gasteiger partial charge >= 0.3 is 6.03 Å². The first-order valence-corrected chi connectivity index (χ1v) is 8.94. The Morgan fingerprint density at radius 2 is 1.69 bits per heavy atom. The molecule has 26 heavy (non-hydrogen) atoms. The van der Waals surface area contributed by atoms with Crippen LogP contribution < -0.4 is 27.0 Å². The average molecular weight is 412 g/mol. The number of urea groups is 1. The number of hydrogen-bond donors (Lipinski definition) is 5. The van der Waals surface area contributed by atoms with Gasteiger partial charge in [0.2, 0.25) is 0 Å². The topological polar surface area (TPSA) is 91.2 Å². The normalized spacial score (nSPS) is 10.2. The third kappa shape index (κ3) is 6.03. The molecule has 2 aromatic rings. The Balaban J connectivity index is 2.02. The van der Waals surface area contributed by atoms with Crippen LogP contribution in [0.25, 0.3) is 0 Å². The Bertz CT molecular complexity index is 816. The number of thiocarbonyl (C=S) groups is 1. The summed E-state index contributed by atoms with van der Waals surface area (Å²) in [5.74, 6) is 0. The van der Waals surface area contributed by atoms with Crippen molar-refractivity contribution in [3.63, 3.8) is 0 Å². The molecular weight excluding hydrogens is 393 g/mol. The van der Waals surface area contributed by atoms with E-state index in [-0.39, 0.29) is 0 Å². The fourth-order valence-corrected chi connectivity index (χ4v) is 2.57. The molecule has 0 aliphatic rings. The predicted molar refractivity (Wildman–Crippen MR) is 114 cm³/mol. The van der Waals surface area contributed by atoms with Crippen molar-refractivity contribution in [2.24, 2.45) is 5.73 Å². The van der Waals surface area contributed by atoms with Gasteiger partial charge in [-0.1, -0.05) is 29.3 Å². The van der Waals surface area contributed by atoms with Gasteiger partial charge in [-0.15, -0.1) is 0 Å². The van der Waals surface area contributed by atoms with Gasteiger partial charge in [0.25, 0.3) is 0 Å². The van der Waals surface area contributed by atoms with Gasteiger partial charge in [0.05, 0.1) is 10.7 Å². The SMILES string of the molecule is Cc1ccc(NC(=O)Nc2ccc(Cl)c(NC(=S)NCCN)c2)cc1Cl. The van der Waals surface area contributed by atoms with Gasteiger partial charge in [-0.3, -0.25) is 0 Å². The third-order valence-corrected chi connectivity index (χ3v) is 4.32. The molecule has 0 aliphatic heterocycles. The minimum absolute atomic E-state index is 0.397. The van der Waals surface area contributed by atoms with Crippen LogP contribution in [0, 0.1) is 6.92 Å². The first-order valence-electron chi connectivity index (χ1n) is 7.77. The minimum Gasteiger partial charge on any atom is -0.361 e. The number of rotatable bonds is 5. The third-order valence-electron chi connectivity index (χ3n) is 3.33. The van der Waals surface area contributed by atoms with E-state index in [1.807, 2.05) is 13.0 Å². The molecule has 0 radical (unpaired) electrons. The first-order chi connectivity index (χ1) is 12.4. The fourth-order valence-electron chi connectivity index (χ4n) is 2.02. The van der Waals surface area contributed by atoms with Gasteiger partial charge in [-0.25, -0.2) is 4.79 Å². The summed E-state index contributed by atoms with van der Waals surface area (Å²) in [5.41, 5.74) is 8.07. The number of anilines is 3. The Kier molecular flexibility index (Phi) is 7.47. The second-order valence-corrected chi connectivity index (χ2v) is 6.63. The zero-order valence-corrected chi connectivity index (χ0v) is 16.4. The molecule has 6 N–H and O–H groups in total. The fraction of sp³-hybridized carbons (Fsp3) is 0.176. The zero-order valence-electron chi connectivity index (χ0n) is 14.0. The summed E-state index contributed by atoms with van der Waals surface area (Å²) < 4.78 is 0. The van der Waals surface area contributed by atoms with Gasteiger partial charge in [0.15, 0.2) is 5.11 Å². The number of nitrogens with one attached hydrogen (secondary N) is 4. The van der Waals surface area contributed by atoms with Crippen LogP contribution in [0.15, 0.2) is 36.4 Å². The summed E-state index contributed by atoms with van der Waals surface area (Å²) in [6.07, 6.45) is 0. The predicted octanol–water partition coefficient (Wildman–Crippen LogP) is 4.19. The van der Waals surface area contributed by atoms with Crippen LogP contribution in [0.3, 0.4) is 0 Å². The monoisotopic (exact) mass is 411 g/mol. The smallest absolute Gasteiger partial charge is 0.323 e. The lowest BCUT2D eigenvalue weighted by molar-refractivity contribution is 0.262. The number of hydrogen-bond acceptors (Lipinski definition) is 3. The number of amides is 2. The van der Waals surface area contributed by atoms with Crippen LogP contribution in [0.2, 0.25) is 10.0 Å². The molecule has 0 aliphatic carbocycles. The summed E-state index contributed by atoms with van der Waals surface area (Å²) in [6.45, 7) is 2.89. The molecule has 6 nitrogen and oxygen atoms in total. The molecule has 0 spiro atoms. The van der Waals surface area contributed by atoms with Crippen molar-refractivity contribution >= 4 is 63.6 Å². The van der Waals surface area contributed by atoms with Crippen molar-refractivity contribution in [3.8, 4) is 0 Å². The standard InChI is InChI=1S/C17H19Cl2N5OS/c1-10-2-3-11(8-14(10)19)22-16(25)23-12-4-5-13(18)15(9-12)24-17(26)21-7-6-20/h2-5,8-9H,6-7,20H2,1H3,(H2,21,24,26)(H2,22,23,25). The molecule has 0 atom stereocenters. The van der Waals surface area contributed by atoms with Crippen molar-refractivity contribution in [1.82, 2.24) is 5.32 Å². The highest BCUT2D eigenvalue weighted by atomic mass is 35.5. The average Bonchev–Trinajstić information content (AvgIpc) is 2.59. The van der Waals surface area contributed by atoms with E-state index in [0.717, 1.165) is 5.56 Å². The number of benzene rings is 2. The maximum absolute atomic E-state index is 12.2. The summed E-state index contributed by atoms with van der Waals surface area (Å²) in [5, 5.41) is 12.8. The van der Waals surface area contributed by atoms with Gasteiger partial charge < -0.3 is 27.0 Å². The van der Waals surface area contributed by atoms with E-state index in [1.165, 1.54) is 0 Å². The van der Waals surface area contributed by atoms with E-state index in [2.05, 4.69) is 21.3 Å². The number of halogens is 2. The summed E-state index contributed by atoms with van der Waals surface area (Å²) >= 11 is 17.4. The van der Waals surface area contributed by atoms with E-state index in [9.17, 15) is 4.79 Å². The molecule has 0 heterocycles. The lowest BCUT2D eigenvalue weighted by atomic mass is 10.2. The van der Waals surface area contributed by atoms with Crippen molar-refractivity contribution in [1.29, 1.82) is 0 Å². The zero-order chi connectivity index (χ0) is 19.1. The Labute approximate surface area is 167 Å². The summed E-state index contributed by atoms with van der Waals surface area (Å²) in [6, 6.07) is 9.92. The highest BCUT2D eigenvalue weighted by Gasteiger charge is 2.08. The summed E-state index contributed by atoms with van der Waals surface area (Å²) in [7, 11) is 0. The van der Waals surface area contributed by atoms with E-state index in [1.54, 1.807) is 30.3 Å². The van der Waals surface area contributed by atoms with E-state index < -0.39 is 6.03 Å². The molecule has 0 bridgehead atoms. The first kappa shape index (κ1) is 20.3. The molecule has 0 aromatic heterocycles. The van der Waals surface area contributed by atoms with Crippen LogP contribution in [0.1, 0.15) is 5.56 Å².